The molecule has 0 aromatic rings. The van der Waals surface area contributed by atoms with Crippen molar-refractivity contribution >= 4 is 28.4 Å². The molecule has 0 heterocycles. The summed E-state index contributed by atoms with van der Waals surface area (Å²) < 4.78 is 5.55. The Morgan fingerprint density at radius 3 is 2.80 bits per heavy atom. The lowest BCUT2D eigenvalue weighted by Gasteiger charge is -2.07. The molecule has 0 unspecified atom stereocenters. The van der Waals surface area contributed by atoms with Gasteiger partial charge in [-0.25, -0.2) is 0 Å². The highest BCUT2D eigenvalue weighted by Gasteiger charge is 1.99. The lowest BCUT2D eigenvalue weighted by molar-refractivity contribution is 0.243. The van der Waals surface area contributed by atoms with Crippen LogP contribution in [0.4, 0.5) is 0 Å². The zero-order valence-electron chi connectivity index (χ0n) is 5.96. The first-order chi connectivity index (χ1) is 4.66. The quantitative estimate of drug-likeness (QED) is 0.601. The molecule has 0 bridgehead atoms. The molecule has 2 nitrogen and oxygen atoms in total. The van der Waals surface area contributed by atoms with Crippen molar-refractivity contribution in [1.82, 2.24) is 0 Å². The standard InChI is InChI=1S/C6H9NOS2/c1-5(2)8-6(9)10-4-3-7/h5H,4H2,1-2H3. The maximum atomic E-state index is 8.16. The normalized spacial score (nSPS) is 9.00. The SMILES string of the molecule is CC(C)OC(=S)SCC#N. The van der Waals surface area contributed by atoms with Crippen molar-refractivity contribution < 1.29 is 4.74 Å². The third kappa shape index (κ3) is 5.86. The molecule has 0 aromatic heterocycles. The van der Waals surface area contributed by atoms with E-state index in [1.54, 1.807) is 0 Å². The molecule has 0 rings (SSSR count). The zero-order chi connectivity index (χ0) is 7.98. The van der Waals surface area contributed by atoms with Gasteiger partial charge < -0.3 is 4.74 Å². The van der Waals surface area contributed by atoms with Gasteiger partial charge in [0.1, 0.15) is 0 Å². The lowest BCUT2D eigenvalue weighted by atomic mass is 10.5. The van der Waals surface area contributed by atoms with Crippen molar-refractivity contribution in [3.8, 4) is 6.07 Å². The highest BCUT2D eigenvalue weighted by atomic mass is 32.2. The second-order valence-corrected chi connectivity index (χ2v) is 3.44. The molecule has 10 heavy (non-hydrogen) atoms. The predicted octanol–water partition coefficient (Wildman–Crippen LogP) is 1.95. The van der Waals surface area contributed by atoms with Crippen LogP contribution in [0.15, 0.2) is 0 Å². The number of nitrogens with zero attached hydrogens (tertiary/aromatic N) is 1. The van der Waals surface area contributed by atoms with E-state index >= 15 is 0 Å². The molecular weight excluding hydrogens is 166 g/mol. The Morgan fingerprint density at radius 2 is 2.40 bits per heavy atom. The van der Waals surface area contributed by atoms with E-state index in [1.165, 1.54) is 11.8 Å². The fourth-order valence-electron chi connectivity index (χ4n) is 0.318. The second-order valence-electron chi connectivity index (χ2n) is 1.86. The molecule has 0 spiro atoms. The largest absolute Gasteiger partial charge is 0.476 e. The number of ether oxygens (including phenoxy) is 1. The van der Waals surface area contributed by atoms with E-state index in [0.29, 0.717) is 10.1 Å². The monoisotopic (exact) mass is 175 g/mol. The first kappa shape index (κ1) is 9.73. The molecule has 0 amide bonds. The zero-order valence-corrected chi connectivity index (χ0v) is 7.59. The van der Waals surface area contributed by atoms with Crippen molar-refractivity contribution in [3.05, 3.63) is 0 Å². The van der Waals surface area contributed by atoms with Crippen LogP contribution in [0.3, 0.4) is 0 Å². The minimum absolute atomic E-state index is 0.110. The molecule has 0 aliphatic rings. The van der Waals surface area contributed by atoms with Crippen LogP contribution in [-0.2, 0) is 4.74 Å². The molecule has 56 valence electrons. The van der Waals surface area contributed by atoms with Gasteiger partial charge in [0.05, 0.1) is 17.9 Å². The average Bonchev–Trinajstić information content (AvgIpc) is 1.82. The number of thioether (sulfide) groups is 1. The van der Waals surface area contributed by atoms with Gasteiger partial charge in [0.15, 0.2) is 0 Å². The molecule has 0 fully saturated rings. The van der Waals surface area contributed by atoms with E-state index in [2.05, 4.69) is 0 Å². The summed E-state index contributed by atoms with van der Waals surface area (Å²) in [6, 6.07) is 1.97. The molecule has 0 atom stereocenters. The molecule has 0 saturated heterocycles. The maximum Gasteiger partial charge on any atom is 0.221 e. The Bertz CT molecular complexity index is 150. The molecule has 4 heteroatoms. The van der Waals surface area contributed by atoms with Crippen molar-refractivity contribution in [2.24, 2.45) is 0 Å². The number of hydrogen-bond donors (Lipinski definition) is 0. The third-order valence-electron chi connectivity index (χ3n) is 0.586. The topological polar surface area (TPSA) is 33.0 Å². The Kier molecular flexibility index (Phi) is 5.36. The molecule has 0 aliphatic carbocycles. The minimum Gasteiger partial charge on any atom is -0.476 e. The van der Waals surface area contributed by atoms with Crippen molar-refractivity contribution in [2.45, 2.75) is 20.0 Å². The number of hydrogen-bond acceptors (Lipinski definition) is 4. The van der Waals surface area contributed by atoms with Crippen molar-refractivity contribution in [2.75, 3.05) is 5.75 Å². The maximum absolute atomic E-state index is 8.16. The summed E-state index contributed by atoms with van der Waals surface area (Å²) in [5.41, 5.74) is 0. The highest BCUT2D eigenvalue weighted by molar-refractivity contribution is 8.22. The fourth-order valence-corrected chi connectivity index (χ4v) is 1.13. The van der Waals surface area contributed by atoms with E-state index in [0.717, 1.165) is 0 Å². The average molecular weight is 175 g/mol. The van der Waals surface area contributed by atoms with E-state index in [4.69, 9.17) is 22.2 Å². The molecule has 0 aromatic carbocycles. The Hall–Kier alpha value is -0.270. The molecule has 0 saturated carbocycles. The van der Waals surface area contributed by atoms with Gasteiger partial charge in [-0.05, 0) is 26.1 Å². The Balaban J connectivity index is 3.37. The van der Waals surface area contributed by atoms with E-state index in [1.807, 2.05) is 19.9 Å². The van der Waals surface area contributed by atoms with Gasteiger partial charge >= 0.3 is 0 Å². The van der Waals surface area contributed by atoms with E-state index in [-0.39, 0.29) is 6.10 Å². The predicted molar refractivity (Wildman–Crippen MR) is 46.9 cm³/mol. The van der Waals surface area contributed by atoms with Gasteiger partial charge in [-0.1, -0.05) is 11.8 Å². The van der Waals surface area contributed by atoms with Crippen molar-refractivity contribution in [3.63, 3.8) is 0 Å². The van der Waals surface area contributed by atoms with Gasteiger partial charge in [-0.15, -0.1) is 0 Å². The van der Waals surface area contributed by atoms with Crippen molar-refractivity contribution in [1.29, 1.82) is 5.26 Å². The van der Waals surface area contributed by atoms with Crippen LogP contribution in [0.2, 0.25) is 0 Å². The van der Waals surface area contributed by atoms with Crippen LogP contribution >= 0.6 is 24.0 Å². The van der Waals surface area contributed by atoms with Gasteiger partial charge in [0.25, 0.3) is 0 Å². The van der Waals surface area contributed by atoms with Crippen LogP contribution < -0.4 is 0 Å². The number of thiocarbonyl (C=S) groups is 1. The lowest BCUT2D eigenvalue weighted by Crippen LogP contribution is -2.05. The van der Waals surface area contributed by atoms with Crippen LogP contribution in [0.25, 0.3) is 0 Å². The molecular formula is C6H9NOS2. The Morgan fingerprint density at radius 1 is 1.80 bits per heavy atom. The van der Waals surface area contributed by atoms with E-state index in [9.17, 15) is 0 Å². The van der Waals surface area contributed by atoms with Crippen LogP contribution in [-0.4, -0.2) is 16.2 Å². The first-order valence-electron chi connectivity index (χ1n) is 2.87. The summed E-state index contributed by atoms with van der Waals surface area (Å²) in [5.74, 6) is 0.367. The minimum atomic E-state index is 0.110. The van der Waals surface area contributed by atoms with Crippen LogP contribution in [0, 0.1) is 11.3 Å². The molecule has 0 radical (unpaired) electrons. The highest BCUT2D eigenvalue weighted by Crippen LogP contribution is 2.06. The van der Waals surface area contributed by atoms with Gasteiger partial charge in [0.2, 0.25) is 4.38 Å². The van der Waals surface area contributed by atoms with Gasteiger partial charge in [-0.2, -0.15) is 5.26 Å². The summed E-state index contributed by atoms with van der Waals surface area (Å²) >= 11 is 6.04. The third-order valence-corrected chi connectivity index (χ3v) is 1.64. The second kappa shape index (κ2) is 5.51. The summed E-state index contributed by atoms with van der Waals surface area (Å²) in [5, 5.41) is 8.16. The molecule has 0 aliphatic heterocycles. The van der Waals surface area contributed by atoms with Crippen LogP contribution in [0.1, 0.15) is 13.8 Å². The molecule has 0 N–H and O–H groups in total. The summed E-state index contributed by atoms with van der Waals surface area (Å²) in [4.78, 5) is 0. The summed E-state index contributed by atoms with van der Waals surface area (Å²) in [7, 11) is 0. The van der Waals surface area contributed by atoms with E-state index < -0.39 is 0 Å². The first-order valence-corrected chi connectivity index (χ1v) is 4.26. The smallest absolute Gasteiger partial charge is 0.221 e. The Labute approximate surface area is 70.6 Å². The van der Waals surface area contributed by atoms with Gasteiger partial charge in [0, 0.05) is 0 Å². The number of rotatable bonds is 2. The summed E-state index contributed by atoms with van der Waals surface area (Å²) in [6.45, 7) is 3.80. The van der Waals surface area contributed by atoms with Crippen LogP contribution in [0.5, 0.6) is 0 Å². The summed E-state index contributed by atoms with van der Waals surface area (Å²) in [6.07, 6.45) is 0.110. The van der Waals surface area contributed by atoms with Gasteiger partial charge in [-0.3, -0.25) is 0 Å². The number of nitriles is 1. The fraction of sp³-hybridized carbons (Fsp3) is 0.667.